The summed E-state index contributed by atoms with van der Waals surface area (Å²) >= 11 is 0. The van der Waals surface area contributed by atoms with Gasteiger partial charge in [0.25, 0.3) is 0 Å². The molecule has 92 valence electrons. The molecule has 1 aromatic rings. The molecule has 1 heteroatoms. The molecule has 1 aliphatic rings. The van der Waals surface area contributed by atoms with Gasteiger partial charge in [-0.2, -0.15) is 0 Å². The maximum absolute atomic E-state index is 3.90. The predicted molar refractivity (Wildman–Crippen MR) is 73.9 cm³/mol. The molecule has 0 heterocycles. The molecule has 1 aromatic carbocycles. The van der Waals surface area contributed by atoms with Crippen LogP contribution in [0.15, 0.2) is 43.0 Å². The quantitative estimate of drug-likeness (QED) is 0.690. The molecule has 0 radical (unpaired) electrons. The van der Waals surface area contributed by atoms with Gasteiger partial charge in [-0.3, -0.25) is 4.90 Å². The van der Waals surface area contributed by atoms with Crippen LogP contribution in [0, 0.1) is 0 Å². The fourth-order valence-corrected chi connectivity index (χ4v) is 2.77. The highest BCUT2D eigenvalue weighted by molar-refractivity contribution is 5.14. The fraction of sp³-hybridized carbons (Fsp3) is 0.500. The Balaban J connectivity index is 1.98. The highest BCUT2D eigenvalue weighted by atomic mass is 15.1. The number of rotatable bonds is 5. The van der Waals surface area contributed by atoms with Crippen LogP contribution in [0.5, 0.6) is 0 Å². The van der Waals surface area contributed by atoms with Crippen molar-refractivity contribution >= 4 is 0 Å². The highest BCUT2D eigenvalue weighted by Crippen LogP contribution is 2.23. The SMILES string of the molecule is C=CCN(Cc1ccccc1)C1CCCCC1. The summed E-state index contributed by atoms with van der Waals surface area (Å²) in [4.78, 5) is 2.58. The molecule has 2 rings (SSSR count). The lowest BCUT2D eigenvalue weighted by Gasteiger charge is -2.33. The van der Waals surface area contributed by atoms with Crippen molar-refractivity contribution in [3.63, 3.8) is 0 Å². The van der Waals surface area contributed by atoms with Crippen molar-refractivity contribution in [1.82, 2.24) is 4.90 Å². The van der Waals surface area contributed by atoms with E-state index < -0.39 is 0 Å². The second-order valence-electron chi connectivity index (χ2n) is 5.00. The summed E-state index contributed by atoms with van der Waals surface area (Å²) < 4.78 is 0. The Morgan fingerprint density at radius 1 is 1.12 bits per heavy atom. The van der Waals surface area contributed by atoms with E-state index in [1.807, 2.05) is 6.08 Å². The monoisotopic (exact) mass is 229 g/mol. The second kappa shape index (κ2) is 6.61. The lowest BCUT2D eigenvalue weighted by molar-refractivity contribution is 0.164. The van der Waals surface area contributed by atoms with Gasteiger partial charge in [0.1, 0.15) is 0 Å². The maximum atomic E-state index is 3.90. The average molecular weight is 229 g/mol. The van der Waals surface area contributed by atoms with Crippen molar-refractivity contribution in [3.8, 4) is 0 Å². The van der Waals surface area contributed by atoms with Gasteiger partial charge in [0.15, 0.2) is 0 Å². The molecule has 1 fully saturated rings. The largest absolute Gasteiger partial charge is 0.292 e. The topological polar surface area (TPSA) is 3.24 Å². The van der Waals surface area contributed by atoms with Crippen LogP contribution in [0.25, 0.3) is 0 Å². The Morgan fingerprint density at radius 3 is 2.47 bits per heavy atom. The molecule has 0 bridgehead atoms. The van der Waals surface area contributed by atoms with E-state index in [4.69, 9.17) is 0 Å². The lowest BCUT2D eigenvalue weighted by atomic mass is 9.94. The van der Waals surface area contributed by atoms with Gasteiger partial charge in [-0.25, -0.2) is 0 Å². The smallest absolute Gasteiger partial charge is 0.0239 e. The van der Waals surface area contributed by atoms with E-state index in [0.717, 1.165) is 19.1 Å². The fourth-order valence-electron chi connectivity index (χ4n) is 2.77. The van der Waals surface area contributed by atoms with Crippen LogP contribution >= 0.6 is 0 Å². The van der Waals surface area contributed by atoms with E-state index in [1.165, 1.54) is 37.7 Å². The van der Waals surface area contributed by atoms with Gasteiger partial charge in [-0.15, -0.1) is 6.58 Å². The van der Waals surface area contributed by atoms with Crippen molar-refractivity contribution in [1.29, 1.82) is 0 Å². The average Bonchev–Trinajstić information content (AvgIpc) is 2.40. The van der Waals surface area contributed by atoms with Gasteiger partial charge >= 0.3 is 0 Å². The molecule has 1 aliphatic carbocycles. The van der Waals surface area contributed by atoms with Crippen LogP contribution in [-0.2, 0) is 6.54 Å². The third-order valence-corrected chi connectivity index (χ3v) is 3.68. The first kappa shape index (κ1) is 12.4. The molecule has 0 atom stereocenters. The summed E-state index contributed by atoms with van der Waals surface area (Å²) in [6, 6.07) is 11.5. The van der Waals surface area contributed by atoms with Crippen molar-refractivity contribution in [2.24, 2.45) is 0 Å². The Morgan fingerprint density at radius 2 is 1.82 bits per heavy atom. The van der Waals surface area contributed by atoms with Gasteiger partial charge in [0, 0.05) is 19.1 Å². The van der Waals surface area contributed by atoms with E-state index in [-0.39, 0.29) is 0 Å². The molecule has 0 amide bonds. The first-order valence-corrected chi connectivity index (χ1v) is 6.79. The minimum absolute atomic E-state index is 0.766. The zero-order valence-corrected chi connectivity index (χ0v) is 10.6. The van der Waals surface area contributed by atoms with Crippen LogP contribution in [0.4, 0.5) is 0 Å². The molecule has 0 saturated heterocycles. The standard InChI is InChI=1S/C16H23N/c1-2-13-17(16-11-7-4-8-12-16)14-15-9-5-3-6-10-15/h2-3,5-6,9-10,16H,1,4,7-8,11-14H2. The van der Waals surface area contributed by atoms with E-state index in [1.54, 1.807) is 0 Å². The van der Waals surface area contributed by atoms with Crippen LogP contribution in [0.2, 0.25) is 0 Å². The number of hydrogen-bond donors (Lipinski definition) is 0. The van der Waals surface area contributed by atoms with Gasteiger partial charge in [-0.05, 0) is 18.4 Å². The zero-order chi connectivity index (χ0) is 11.9. The van der Waals surface area contributed by atoms with E-state index in [0.29, 0.717) is 0 Å². The molecule has 1 nitrogen and oxygen atoms in total. The molecule has 0 unspecified atom stereocenters. The van der Waals surface area contributed by atoms with Gasteiger partial charge < -0.3 is 0 Å². The summed E-state index contributed by atoms with van der Waals surface area (Å²) in [6.07, 6.45) is 8.98. The Hall–Kier alpha value is -1.08. The molecule has 17 heavy (non-hydrogen) atoms. The summed E-state index contributed by atoms with van der Waals surface area (Å²) in [5.41, 5.74) is 1.42. The molecule has 1 saturated carbocycles. The van der Waals surface area contributed by atoms with Crippen molar-refractivity contribution in [3.05, 3.63) is 48.6 Å². The predicted octanol–water partition coefficient (Wildman–Crippen LogP) is 4.01. The summed E-state index contributed by atoms with van der Waals surface area (Å²) in [6.45, 7) is 5.98. The first-order valence-electron chi connectivity index (χ1n) is 6.79. The van der Waals surface area contributed by atoms with Gasteiger partial charge in [-0.1, -0.05) is 55.7 Å². The third kappa shape index (κ3) is 3.71. The van der Waals surface area contributed by atoms with Crippen molar-refractivity contribution < 1.29 is 0 Å². The summed E-state index contributed by atoms with van der Waals surface area (Å²) in [5, 5.41) is 0. The summed E-state index contributed by atoms with van der Waals surface area (Å²) in [5.74, 6) is 0. The molecular weight excluding hydrogens is 206 g/mol. The van der Waals surface area contributed by atoms with Crippen LogP contribution < -0.4 is 0 Å². The number of nitrogens with zero attached hydrogens (tertiary/aromatic N) is 1. The Bertz CT molecular complexity index is 325. The van der Waals surface area contributed by atoms with E-state index in [9.17, 15) is 0 Å². The van der Waals surface area contributed by atoms with Crippen LogP contribution in [0.1, 0.15) is 37.7 Å². The Kier molecular flexibility index (Phi) is 4.81. The van der Waals surface area contributed by atoms with E-state index >= 15 is 0 Å². The number of hydrogen-bond acceptors (Lipinski definition) is 1. The van der Waals surface area contributed by atoms with Crippen molar-refractivity contribution in [2.45, 2.75) is 44.7 Å². The minimum atomic E-state index is 0.766. The second-order valence-corrected chi connectivity index (χ2v) is 5.00. The molecule has 0 spiro atoms. The summed E-state index contributed by atoms with van der Waals surface area (Å²) in [7, 11) is 0. The first-order chi connectivity index (χ1) is 8.40. The lowest BCUT2D eigenvalue weighted by Crippen LogP contribution is -2.36. The molecular formula is C16H23N. The van der Waals surface area contributed by atoms with E-state index in [2.05, 4.69) is 41.8 Å². The minimum Gasteiger partial charge on any atom is -0.292 e. The van der Waals surface area contributed by atoms with Gasteiger partial charge in [0.05, 0.1) is 0 Å². The molecule has 0 aliphatic heterocycles. The molecule has 0 N–H and O–H groups in total. The van der Waals surface area contributed by atoms with Crippen LogP contribution in [-0.4, -0.2) is 17.5 Å². The van der Waals surface area contributed by atoms with Crippen molar-refractivity contribution in [2.75, 3.05) is 6.54 Å². The highest BCUT2D eigenvalue weighted by Gasteiger charge is 2.19. The Labute approximate surface area is 105 Å². The van der Waals surface area contributed by atoms with Crippen LogP contribution in [0.3, 0.4) is 0 Å². The third-order valence-electron chi connectivity index (χ3n) is 3.68. The normalized spacial score (nSPS) is 17.2. The number of benzene rings is 1. The zero-order valence-electron chi connectivity index (χ0n) is 10.6. The van der Waals surface area contributed by atoms with Gasteiger partial charge in [0.2, 0.25) is 0 Å². The molecule has 0 aromatic heterocycles. The maximum Gasteiger partial charge on any atom is 0.0239 e.